The topological polar surface area (TPSA) is 78.8 Å². The number of aryl methyl sites for hydroxylation is 1. The van der Waals surface area contributed by atoms with Crippen LogP contribution >= 0.6 is 0 Å². The molecule has 6 nitrogen and oxygen atoms in total. The highest BCUT2D eigenvalue weighted by Crippen LogP contribution is 2.35. The van der Waals surface area contributed by atoms with E-state index in [9.17, 15) is 13.2 Å². The summed E-state index contributed by atoms with van der Waals surface area (Å²) in [6, 6.07) is 12.6. The zero-order valence-corrected chi connectivity index (χ0v) is 17.4. The molecule has 2 aromatic rings. The summed E-state index contributed by atoms with van der Waals surface area (Å²) in [7, 11) is -3.89. The highest BCUT2D eigenvalue weighted by molar-refractivity contribution is 7.90. The lowest BCUT2D eigenvalue weighted by atomic mass is 10.1. The third kappa shape index (κ3) is 3.94. The van der Waals surface area contributed by atoms with E-state index < -0.39 is 10.0 Å². The number of nitrogens with one attached hydrogen (secondary N) is 1. The number of amides is 1. The molecule has 148 valence electrons. The van der Waals surface area contributed by atoms with Crippen LogP contribution in [0.1, 0.15) is 38.3 Å². The molecule has 28 heavy (non-hydrogen) atoms. The van der Waals surface area contributed by atoms with E-state index in [4.69, 9.17) is 0 Å². The van der Waals surface area contributed by atoms with Crippen LogP contribution in [0, 0.1) is 12.8 Å². The maximum atomic E-state index is 12.9. The Balaban J connectivity index is 2.11. The van der Waals surface area contributed by atoms with Gasteiger partial charge in [-0.3, -0.25) is 4.79 Å². The van der Waals surface area contributed by atoms with Gasteiger partial charge < -0.3 is 10.2 Å². The summed E-state index contributed by atoms with van der Waals surface area (Å²) in [5.41, 5.74) is 2.83. The minimum atomic E-state index is -3.89. The molecule has 0 saturated carbocycles. The number of carbonyl (C=O) groups excluding carboxylic acids is 1. The molecule has 0 atom stereocenters. The lowest BCUT2D eigenvalue weighted by Crippen LogP contribution is -2.37. The number of sulfonamides is 1. The minimum absolute atomic E-state index is 0.110. The van der Waals surface area contributed by atoms with Crippen LogP contribution in [0.5, 0.6) is 0 Å². The third-order valence-electron chi connectivity index (χ3n) is 4.51. The molecule has 1 aliphatic heterocycles. The smallest absolute Gasteiger partial charge is 0.286 e. The van der Waals surface area contributed by atoms with Gasteiger partial charge in [0, 0.05) is 23.7 Å². The molecule has 3 rings (SSSR count). The van der Waals surface area contributed by atoms with Crippen molar-refractivity contribution in [3.8, 4) is 0 Å². The lowest BCUT2D eigenvalue weighted by molar-refractivity contribution is -0.118. The fourth-order valence-corrected chi connectivity index (χ4v) is 4.33. The van der Waals surface area contributed by atoms with Gasteiger partial charge in [0.05, 0.1) is 5.69 Å². The van der Waals surface area contributed by atoms with Crippen LogP contribution in [0.15, 0.2) is 51.8 Å². The molecule has 0 fully saturated rings. The third-order valence-corrected chi connectivity index (χ3v) is 5.80. The molecule has 0 aliphatic carbocycles. The van der Waals surface area contributed by atoms with Crippen LogP contribution in [-0.2, 0) is 14.8 Å². The van der Waals surface area contributed by atoms with Crippen LogP contribution in [0.2, 0.25) is 0 Å². The molecule has 0 unspecified atom stereocenters. The van der Waals surface area contributed by atoms with Gasteiger partial charge in [-0.2, -0.15) is 8.42 Å². The van der Waals surface area contributed by atoms with Gasteiger partial charge in [0.25, 0.3) is 10.0 Å². The Kier molecular flexibility index (Phi) is 5.56. The summed E-state index contributed by atoms with van der Waals surface area (Å²) in [6.45, 7) is 8.20. The second kappa shape index (κ2) is 7.75. The van der Waals surface area contributed by atoms with E-state index in [1.165, 1.54) is 6.07 Å². The van der Waals surface area contributed by atoms with E-state index in [-0.39, 0.29) is 16.7 Å². The standard InChI is InChI=1S/C21H25N3O3S/c1-5-11-24-18-10-9-17(22-21(25)14(2)3)13-19(18)28(26,27)23-20(24)16-8-6-7-15(4)12-16/h6-10,12-14H,5,11H2,1-4H3,(H,22,25). The second-order valence-electron chi connectivity index (χ2n) is 7.24. The van der Waals surface area contributed by atoms with Gasteiger partial charge in [-0.15, -0.1) is 4.40 Å². The summed E-state index contributed by atoms with van der Waals surface area (Å²) in [4.78, 5) is 14.0. The van der Waals surface area contributed by atoms with Gasteiger partial charge in [-0.25, -0.2) is 0 Å². The van der Waals surface area contributed by atoms with E-state index >= 15 is 0 Å². The first-order chi connectivity index (χ1) is 13.2. The Bertz CT molecular complexity index is 1040. The number of benzene rings is 2. The quantitative estimate of drug-likeness (QED) is 0.825. The van der Waals surface area contributed by atoms with E-state index in [1.54, 1.807) is 26.0 Å². The van der Waals surface area contributed by atoms with E-state index in [1.807, 2.05) is 43.0 Å². The monoisotopic (exact) mass is 399 g/mol. The molecule has 2 aromatic carbocycles. The molecular formula is C21H25N3O3S. The fourth-order valence-electron chi connectivity index (χ4n) is 3.08. The average molecular weight is 400 g/mol. The number of hydrogen-bond acceptors (Lipinski definition) is 4. The number of rotatable bonds is 5. The SMILES string of the molecule is CCCN1C(c2cccc(C)c2)=NS(=O)(=O)c2cc(NC(=O)C(C)C)ccc21. The van der Waals surface area contributed by atoms with Gasteiger partial charge >= 0.3 is 0 Å². The van der Waals surface area contributed by atoms with E-state index in [0.717, 1.165) is 17.5 Å². The Morgan fingerprint density at radius 3 is 2.57 bits per heavy atom. The highest BCUT2D eigenvalue weighted by atomic mass is 32.2. The van der Waals surface area contributed by atoms with Crippen molar-refractivity contribution in [1.29, 1.82) is 0 Å². The zero-order valence-electron chi connectivity index (χ0n) is 16.6. The Morgan fingerprint density at radius 1 is 1.18 bits per heavy atom. The van der Waals surface area contributed by atoms with Crippen molar-refractivity contribution in [2.24, 2.45) is 10.3 Å². The van der Waals surface area contributed by atoms with Crippen molar-refractivity contribution in [2.45, 2.75) is 39.0 Å². The first kappa shape index (κ1) is 20.1. The molecule has 1 N–H and O–H groups in total. The molecule has 0 saturated heterocycles. The summed E-state index contributed by atoms with van der Waals surface area (Å²) in [5.74, 6) is 0.0645. The predicted molar refractivity (Wildman–Crippen MR) is 112 cm³/mol. The molecule has 7 heteroatoms. The van der Waals surface area contributed by atoms with Crippen LogP contribution in [0.4, 0.5) is 11.4 Å². The maximum Gasteiger partial charge on any atom is 0.286 e. The number of nitrogens with zero attached hydrogens (tertiary/aromatic N) is 2. The Morgan fingerprint density at radius 2 is 1.93 bits per heavy atom. The molecular weight excluding hydrogens is 374 g/mol. The van der Waals surface area contributed by atoms with Crippen molar-refractivity contribution in [3.05, 3.63) is 53.6 Å². The van der Waals surface area contributed by atoms with Gasteiger partial charge in [0.1, 0.15) is 4.90 Å². The normalized spacial score (nSPS) is 15.2. The number of hydrogen-bond donors (Lipinski definition) is 1. The average Bonchev–Trinajstić information content (AvgIpc) is 2.64. The first-order valence-corrected chi connectivity index (χ1v) is 10.8. The molecule has 1 aliphatic rings. The van der Waals surface area contributed by atoms with Crippen molar-refractivity contribution < 1.29 is 13.2 Å². The lowest BCUT2D eigenvalue weighted by Gasteiger charge is -2.31. The van der Waals surface area contributed by atoms with Gasteiger partial charge in [-0.1, -0.05) is 44.5 Å². The summed E-state index contributed by atoms with van der Waals surface area (Å²) in [5, 5.41) is 2.76. The largest absolute Gasteiger partial charge is 0.326 e. The van der Waals surface area contributed by atoms with Crippen LogP contribution < -0.4 is 10.2 Å². The van der Waals surface area contributed by atoms with Crippen molar-refractivity contribution in [3.63, 3.8) is 0 Å². The number of fused-ring (bicyclic) bond motifs is 1. The zero-order chi connectivity index (χ0) is 20.5. The second-order valence-corrected chi connectivity index (χ2v) is 8.81. The van der Waals surface area contributed by atoms with Crippen LogP contribution in [0.3, 0.4) is 0 Å². The molecule has 0 spiro atoms. The summed E-state index contributed by atoms with van der Waals surface area (Å²) < 4.78 is 30.0. The first-order valence-electron chi connectivity index (χ1n) is 9.37. The van der Waals surface area contributed by atoms with E-state index in [2.05, 4.69) is 9.71 Å². The van der Waals surface area contributed by atoms with Gasteiger partial charge in [0.15, 0.2) is 5.84 Å². The fraction of sp³-hybridized carbons (Fsp3) is 0.333. The van der Waals surface area contributed by atoms with Gasteiger partial charge in [0.2, 0.25) is 5.91 Å². The number of carbonyl (C=O) groups is 1. The molecule has 1 amide bonds. The van der Waals surface area contributed by atoms with Crippen LogP contribution in [0.25, 0.3) is 0 Å². The molecule has 1 heterocycles. The predicted octanol–water partition coefficient (Wildman–Crippen LogP) is 3.96. The Labute approximate surface area is 166 Å². The summed E-state index contributed by atoms with van der Waals surface area (Å²) in [6.07, 6.45) is 0.830. The molecule has 0 radical (unpaired) electrons. The minimum Gasteiger partial charge on any atom is -0.326 e. The van der Waals surface area contributed by atoms with Crippen molar-refractivity contribution in [1.82, 2.24) is 0 Å². The Hall–Kier alpha value is -2.67. The molecule has 0 bridgehead atoms. The van der Waals surface area contributed by atoms with E-state index in [0.29, 0.717) is 23.8 Å². The number of amidine groups is 1. The highest BCUT2D eigenvalue weighted by Gasteiger charge is 2.31. The van der Waals surface area contributed by atoms with Crippen LogP contribution in [-0.4, -0.2) is 26.7 Å². The summed E-state index contributed by atoms with van der Waals surface area (Å²) >= 11 is 0. The molecule has 0 aromatic heterocycles. The number of anilines is 2. The van der Waals surface area contributed by atoms with Gasteiger partial charge in [-0.05, 0) is 37.6 Å². The van der Waals surface area contributed by atoms with Crippen molar-refractivity contribution in [2.75, 3.05) is 16.8 Å². The van der Waals surface area contributed by atoms with Crippen molar-refractivity contribution >= 4 is 33.1 Å². The maximum absolute atomic E-state index is 12.9.